The van der Waals surface area contributed by atoms with Crippen LogP contribution in [0.4, 0.5) is 0 Å². The standard InChI is InChI=1S/C23H24O2.C18H14O2.C8H10O2/c1-23(2,14-13-17-9-5-3-6-10-17)20-16-21(24)19(15-22(20)25)18-11-7-4-8-12-18;19-17-12-16(14-9-5-2-6-10-14)18(20)11-15(17)13-7-3-1-4-8-13;1-5-3-8(10)6(2)4-7(5)9/h3-12,15-16,24-25H,13-14H2,1-2H3;1-12,19-20H;3-4,9-10H,1-2H3. The van der Waals surface area contributed by atoms with Crippen molar-refractivity contribution in [2.24, 2.45) is 0 Å². The smallest absolute Gasteiger partial charge is 0.124 e. The average molecular weight is 733 g/mol. The number of benzene rings is 7. The van der Waals surface area contributed by atoms with E-state index in [1.807, 2.05) is 109 Å². The Balaban J connectivity index is 0.000000172. The monoisotopic (exact) mass is 732 g/mol. The maximum Gasteiger partial charge on any atom is 0.124 e. The molecule has 7 aromatic carbocycles. The van der Waals surface area contributed by atoms with E-state index in [0.717, 1.165) is 35.1 Å². The molecule has 0 saturated carbocycles. The second-order valence-corrected chi connectivity index (χ2v) is 14.2. The Morgan fingerprint density at radius 1 is 0.382 bits per heavy atom. The summed E-state index contributed by atoms with van der Waals surface area (Å²) < 4.78 is 0. The zero-order valence-corrected chi connectivity index (χ0v) is 31.6. The van der Waals surface area contributed by atoms with Gasteiger partial charge in [-0.1, -0.05) is 135 Å². The van der Waals surface area contributed by atoms with Gasteiger partial charge >= 0.3 is 0 Å². The molecule has 280 valence electrons. The highest BCUT2D eigenvalue weighted by Gasteiger charge is 2.25. The van der Waals surface area contributed by atoms with E-state index in [4.69, 9.17) is 10.2 Å². The van der Waals surface area contributed by atoms with E-state index in [0.29, 0.717) is 27.8 Å². The molecule has 0 bridgehead atoms. The highest BCUT2D eigenvalue weighted by molar-refractivity contribution is 5.80. The molecule has 0 unspecified atom stereocenters. The minimum atomic E-state index is -0.243. The molecule has 0 atom stereocenters. The van der Waals surface area contributed by atoms with Gasteiger partial charge in [-0.3, -0.25) is 0 Å². The van der Waals surface area contributed by atoms with Gasteiger partial charge in [0.2, 0.25) is 0 Å². The molecular weight excluding hydrogens is 685 g/mol. The lowest BCUT2D eigenvalue weighted by molar-refractivity contribution is 0.413. The van der Waals surface area contributed by atoms with Crippen molar-refractivity contribution in [1.29, 1.82) is 0 Å². The van der Waals surface area contributed by atoms with Gasteiger partial charge in [0.15, 0.2) is 0 Å². The predicted octanol–water partition coefficient (Wildman–Crippen LogP) is 11.8. The lowest BCUT2D eigenvalue weighted by Gasteiger charge is -2.27. The third-order valence-electron chi connectivity index (χ3n) is 9.61. The summed E-state index contributed by atoms with van der Waals surface area (Å²) in [6.07, 6.45) is 1.81. The summed E-state index contributed by atoms with van der Waals surface area (Å²) in [5.74, 6) is 1.22. The molecule has 6 heteroatoms. The van der Waals surface area contributed by atoms with Crippen LogP contribution >= 0.6 is 0 Å². The van der Waals surface area contributed by atoms with Crippen LogP contribution in [0.1, 0.15) is 42.5 Å². The number of phenols is 6. The number of hydrogen-bond donors (Lipinski definition) is 6. The van der Waals surface area contributed by atoms with Gasteiger partial charge in [0.1, 0.15) is 34.5 Å². The molecular formula is C49H48O6. The van der Waals surface area contributed by atoms with Crippen molar-refractivity contribution in [3.63, 3.8) is 0 Å². The predicted molar refractivity (Wildman–Crippen MR) is 223 cm³/mol. The van der Waals surface area contributed by atoms with Crippen LogP contribution in [0.5, 0.6) is 34.5 Å². The third-order valence-corrected chi connectivity index (χ3v) is 9.61. The van der Waals surface area contributed by atoms with E-state index in [2.05, 4.69) is 26.0 Å². The first-order valence-electron chi connectivity index (χ1n) is 18.2. The molecule has 0 spiro atoms. The van der Waals surface area contributed by atoms with Crippen LogP contribution in [0.15, 0.2) is 158 Å². The molecule has 7 rings (SSSR count). The molecule has 55 heavy (non-hydrogen) atoms. The highest BCUT2D eigenvalue weighted by atomic mass is 16.3. The number of rotatable bonds is 7. The lowest BCUT2D eigenvalue weighted by Crippen LogP contribution is -2.18. The minimum absolute atomic E-state index is 0.160. The van der Waals surface area contributed by atoms with Gasteiger partial charge in [0, 0.05) is 22.3 Å². The van der Waals surface area contributed by atoms with Crippen molar-refractivity contribution in [3.8, 4) is 67.9 Å². The van der Waals surface area contributed by atoms with E-state index in [1.165, 1.54) is 5.56 Å². The fourth-order valence-electron chi connectivity index (χ4n) is 6.26. The van der Waals surface area contributed by atoms with Gasteiger partial charge in [-0.2, -0.15) is 0 Å². The Kier molecular flexibility index (Phi) is 12.9. The number of aromatic hydroxyl groups is 6. The maximum atomic E-state index is 10.6. The number of aryl methyl sites for hydroxylation is 3. The van der Waals surface area contributed by atoms with Gasteiger partial charge in [0.05, 0.1) is 0 Å². The number of phenolic OH excluding ortho intramolecular Hbond substituents is 6. The first-order valence-corrected chi connectivity index (χ1v) is 18.2. The zero-order valence-electron chi connectivity index (χ0n) is 31.6. The van der Waals surface area contributed by atoms with Gasteiger partial charge in [0.25, 0.3) is 0 Å². The van der Waals surface area contributed by atoms with Gasteiger partial charge in [-0.15, -0.1) is 0 Å². The molecule has 0 aliphatic rings. The minimum Gasteiger partial charge on any atom is -0.508 e. The van der Waals surface area contributed by atoms with Gasteiger partial charge in [-0.05, 0) is 102 Å². The van der Waals surface area contributed by atoms with E-state index in [-0.39, 0.29) is 39.9 Å². The maximum absolute atomic E-state index is 10.6. The first-order chi connectivity index (χ1) is 26.3. The Morgan fingerprint density at radius 2 is 0.709 bits per heavy atom. The van der Waals surface area contributed by atoms with E-state index >= 15 is 0 Å². The SMILES string of the molecule is CC(C)(CCc1ccccc1)c1cc(O)c(-c2ccccc2)cc1O.Cc1cc(O)c(C)cc1O.Oc1cc(-c2ccccc2)c(O)cc1-c1ccccc1. The van der Waals surface area contributed by atoms with Crippen molar-refractivity contribution in [2.75, 3.05) is 0 Å². The summed E-state index contributed by atoms with van der Waals surface area (Å²) in [5, 5.41) is 59.8. The van der Waals surface area contributed by atoms with Crippen LogP contribution in [0.25, 0.3) is 33.4 Å². The summed E-state index contributed by atoms with van der Waals surface area (Å²) in [5.41, 5.74) is 7.76. The first kappa shape index (κ1) is 39.5. The topological polar surface area (TPSA) is 121 Å². The fraction of sp³-hybridized carbons (Fsp3) is 0.143. The molecule has 0 aromatic heterocycles. The third kappa shape index (κ3) is 10.3. The van der Waals surface area contributed by atoms with Crippen molar-refractivity contribution in [1.82, 2.24) is 0 Å². The Hall–Kier alpha value is -6.66. The Morgan fingerprint density at radius 3 is 1.09 bits per heavy atom. The Labute approximate surface area is 323 Å². The molecule has 0 aliphatic carbocycles. The summed E-state index contributed by atoms with van der Waals surface area (Å²) >= 11 is 0. The molecule has 7 aromatic rings. The molecule has 0 radical (unpaired) electrons. The molecule has 0 aliphatic heterocycles. The highest BCUT2D eigenvalue weighted by Crippen LogP contribution is 2.42. The van der Waals surface area contributed by atoms with Crippen molar-refractivity contribution >= 4 is 0 Å². The van der Waals surface area contributed by atoms with Gasteiger partial charge < -0.3 is 30.6 Å². The second kappa shape index (κ2) is 17.9. The second-order valence-electron chi connectivity index (χ2n) is 14.2. The molecule has 0 amide bonds. The van der Waals surface area contributed by atoms with Crippen LogP contribution in [-0.2, 0) is 11.8 Å². The largest absolute Gasteiger partial charge is 0.508 e. The van der Waals surface area contributed by atoms with Crippen molar-refractivity contribution in [3.05, 3.63) is 180 Å². The molecule has 0 saturated heterocycles. The van der Waals surface area contributed by atoms with E-state index in [9.17, 15) is 20.4 Å². The average Bonchev–Trinajstić information content (AvgIpc) is 3.20. The molecule has 0 fully saturated rings. The van der Waals surface area contributed by atoms with Crippen molar-refractivity contribution in [2.45, 2.75) is 46.0 Å². The summed E-state index contributed by atoms with van der Waals surface area (Å²) in [4.78, 5) is 0. The fourth-order valence-corrected chi connectivity index (χ4v) is 6.26. The molecule has 6 N–H and O–H groups in total. The zero-order chi connectivity index (χ0) is 39.5. The number of hydrogen-bond acceptors (Lipinski definition) is 6. The van der Waals surface area contributed by atoms with Gasteiger partial charge in [-0.25, -0.2) is 0 Å². The quantitative estimate of drug-likeness (QED) is 0.0908. The van der Waals surface area contributed by atoms with Crippen LogP contribution in [0, 0.1) is 13.8 Å². The molecule has 6 nitrogen and oxygen atoms in total. The summed E-state index contributed by atoms with van der Waals surface area (Å²) in [6.45, 7) is 7.70. The van der Waals surface area contributed by atoms with Crippen LogP contribution in [0.3, 0.4) is 0 Å². The van der Waals surface area contributed by atoms with Crippen LogP contribution in [0.2, 0.25) is 0 Å². The summed E-state index contributed by atoms with van der Waals surface area (Å²) in [7, 11) is 0. The Bertz CT molecular complexity index is 2190. The van der Waals surface area contributed by atoms with Crippen molar-refractivity contribution < 1.29 is 30.6 Å². The lowest BCUT2D eigenvalue weighted by atomic mass is 9.78. The van der Waals surface area contributed by atoms with E-state index < -0.39 is 0 Å². The molecule has 0 heterocycles. The summed E-state index contributed by atoms with van der Waals surface area (Å²) in [6, 6.07) is 48.7. The van der Waals surface area contributed by atoms with Crippen LogP contribution in [-0.4, -0.2) is 30.6 Å². The van der Waals surface area contributed by atoms with Crippen LogP contribution < -0.4 is 0 Å². The normalized spacial score (nSPS) is 10.8. The van der Waals surface area contributed by atoms with E-state index in [1.54, 1.807) is 50.2 Å².